The van der Waals surface area contributed by atoms with Crippen molar-refractivity contribution in [3.05, 3.63) is 48.4 Å². The fourth-order valence-corrected chi connectivity index (χ4v) is 4.48. The number of carbonyl (C=O) groups is 1. The first kappa shape index (κ1) is 23.5. The molecule has 13 heteroatoms. The Morgan fingerprint density at radius 1 is 1.06 bits per heavy atom. The van der Waals surface area contributed by atoms with Gasteiger partial charge in [0, 0.05) is 43.3 Å². The lowest BCUT2D eigenvalue weighted by molar-refractivity contribution is 0.252. The van der Waals surface area contributed by atoms with Crippen molar-refractivity contribution in [3.8, 4) is 22.4 Å². The lowest BCUT2D eigenvalue weighted by Gasteiger charge is -2.08. The Labute approximate surface area is 200 Å². The molecule has 3 heterocycles. The van der Waals surface area contributed by atoms with Gasteiger partial charge in [-0.15, -0.1) is 0 Å². The predicted octanol–water partition coefficient (Wildman–Crippen LogP) is 3.14. The third kappa shape index (κ3) is 5.27. The van der Waals surface area contributed by atoms with Crippen molar-refractivity contribution in [2.75, 3.05) is 23.6 Å². The maximum absolute atomic E-state index is 12.0. The normalized spacial score (nSPS) is 11.4. The first-order chi connectivity index (χ1) is 16.3. The van der Waals surface area contributed by atoms with Crippen LogP contribution in [0.4, 0.5) is 15.9 Å². The van der Waals surface area contributed by atoms with Crippen LogP contribution in [0.3, 0.4) is 0 Å². The van der Waals surface area contributed by atoms with Crippen LogP contribution in [0.5, 0.6) is 0 Å². The molecule has 34 heavy (non-hydrogen) atoms. The quantitative estimate of drug-likeness (QED) is 0.305. The summed E-state index contributed by atoms with van der Waals surface area (Å²) >= 11 is 1.35. The largest absolute Gasteiger partial charge is 0.338 e. The molecular formula is C21H22N8O3S2. The van der Waals surface area contributed by atoms with Crippen molar-refractivity contribution in [2.45, 2.75) is 13.8 Å². The van der Waals surface area contributed by atoms with Crippen molar-refractivity contribution >= 4 is 48.9 Å². The summed E-state index contributed by atoms with van der Waals surface area (Å²) < 4.78 is 28.6. The van der Waals surface area contributed by atoms with E-state index in [0.717, 1.165) is 27.1 Å². The molecule has 2 amide bonds. The Hall–Kier alpha value is -3.68. The third-order valence-corrected chi connectivity index (χ3v) is 6.72. The van der Waals surface area contributed by atoms with Crippen LogP contribution in [0, 0.1) is 6.92 Å². The Kier molecular flexibility index (Phi) is 6.68. The molecule has 11 nitrogen and oxygen atoms in total. The predicted molar refractivity (Wildman–Crippen MR) is 133 cm³/mol. The maximum atomic E-state index is 12.0. The number of thiazole rings is 1. The SMILES string of the molecule is CCNC(=O)Nc1nc2cc(-c3cnc(NS(=O)(=O)NC)nc3)cc(-c3ccc(C)cn3)c2s1. The molecule has 0 aliphatic heterocycles. The van der Waals surface area contributed by atoms with Gasteiger partial charge in [0.1, 0.15) is 0 Å². The van der Waals surface area contributed by atoms with Crippen LogP contribution < -0.4 is 20.1 Å². The van der Waals surface area contributed by atoms with Crippen LogP contribution in [0.25, 0.3) is 32.6 Å². The number of urea groups is 1. The smallest absolute Gasteiger partial charge is 0.321 e. The van der Waals surface area contributed by atoms with Crippen molar-refractivity contribution in [1.82, 2.24) is 30.0 Å². The summed E-state index contributed by atoms with van der Waals surface area (Å²) in [6.07, 6.45) is 4.83. The van der Waals surface area contributed by atoms with Gasteiger partial charge in [0.05, 0.1) is 15.9 Å². The maximum Gasteiger partial charge on any atom is 0.321 e. The number of aromatic nitrogens is 4. The number of hydrogen-bond donors (Lipinski definition) is 4. The summed E-state index contributed by atoms with van der Waals surface area (Å²) in [6.45, 7) is 4.30. The van der Waals surface area contributed by atoms with Gasteiger partial charge < -0.3 is 5.32 Å². The van der Waals surface area contributed by atoms with Gasteiger partial charge in [0.15, 0.2) is 5.13 Å². The molecule has 0 spiro atoms. The zero-order chi connectivity index (χ0) is 24.3. The molecule has 0 unspecified atom stereocenters. The van der Waals surface area contributed by atoms with E-state index in [4.69, 9.17) is 0 Å². The van der Waals surface area contributed by atoms with E-state index in [-0.39, 0.29) is 12.0 Å². The molecular weight excluding hydrogens is 476 g/mol. The molecule has 0 fully saturated rings. The molecule has 4 aromatic rings. The van der Waals surface area contributed by atoms with E-state index in [9.17, 15) is 13.2 Å². The fourth-order valence-electron chi connectivity index (χ4n) is 3.07. The van der Waals surface area contributed by atoms with Crippen molar-refractivity contribution in [1.29, 1.82) is 0 Å². The molecule has 0 aliphatic rings. The van der Waals surface area contributed by atoms with Gasteiger partial charge in [-0.2, -0.15) is 8.42 Å². The number of aryl methyl sites for hydroxylation is 1. The summed E-state index contributed by atoms with van der Waals surface area (Å²) in [5.41, 5.74) is 4.73. The highest BCUT2D eigenvalue weighted by molar-refractivity contribution is 7.90. The van der Waals surface area contributed by atoms with Crippen molar-refractivity contribution < 1.29 is 13.2 Å². The highest BCUT2D eigenvalue weighted by atomic mass is 32.2. The van der Waals surface area contributed by atoms with Gasteiger partial charge in [0.25, 0.3) is 0 Å². The number of pyridine rings is 1. The fraction of sp³-hybridized carbons (Fsp3) is 0.190. The molecule has 0 atom stereocenters. The van der Waals surface area contributed by atoms with E-state index < -0.39 is 10.2 Å². The highest BCUT2D eigenvalue weighted by Crippen LogP contribution is 2.38. The van der Waals surface area contributed by atoms with Crippen molar-refractivity contribution in [2.24, 2.45) is 0 Å². The van der Waals surface area contributed by atoms with Gasteiger partial charge in [-0.1, -0.05) is 17.4 Å². The summed E-state index contributed by atoms with van der Waals surface area (Å²) in [5.74, 6) is -0.0540. The molecule has 1 aromatic carbocycles. The Balaban J connectivity index is 1.78. The number of rotatable bonds is 7. The zero-order valence-corrected chi connectivity index (χ0v) is 20.2. The van der Waals surface area contributed by atoms with Crippen LogP contribution in [-0.2, 0) is 10.2 Å². The van der Waals surface area contributed by atoms with E-state index >= 15 is 0 Å². The number of fused-ring (bicyclic) bond motifs is 1. The van der Waals surface area contributed by atoms with Crippen molar-refractivity contribution in [3.63, 3.8) is 0 Å². The molecule has 0 aliphatic carbocycles. The standard InChI is InChI=1S/C21H22N8O3S2/c1-4-23-20(30)28-21-27-17-8-13(14-10-25-19(26-11-14)29-34(31,32)22-3)7-15(18(17)33-21)16-6-5-12(2)9-24-16/h5-11,22H,4H2,1-3H3,(H,25,26,29)(H2,23,27,28,30). The average molecular weight is 499 g/mol. The highest BCUT2D eigenvalue weighted by Gasteiger charge is 2.16. The van der Waals surface area contributed by atoms with Gasteiger partial charge >= 0.3 is 16.2 Å². The average Bonchev–Trinajstić information content (AvgIpc) is 3.21. The lowest BCUT2D eigenvalue weighted by atomic mass is 10.0. The monoisotopic (exact) mass is 498 g/mol. The second kappa shape index (κ2) is 9.67. The van der Waals surface area contributed by atoms with Crippen LogP contribution in [0.2, 0.25) is 0 Å². The number of hydrogen-bond acceptors (Lipinski definition) is 8. The van der Waals surface area contributed by atoms with Crippen LogP contribution in [-0.4, -0.2) is 48.0 Å². The second-order valence-corrected chi connectivity index (χ2v) is 9.82. The Morgan fingerprint density at radius 3 is 2.47 bits per heavy atom. The molecule has 4 N–H and O–H groups in total. The second-order valence-electron chi connectivity index (χ2n) is 7.20. The molecule has 0 saturated carbocycles. The minimum atomic E-state index is -3.72. The number of nitrogens with one attached hydrogen (secondary N) is 4. The number of benzene rings is 1. The summed E-state index contributed by atoms with van der Waals surface area (Å²) in [7, 11) is -2.43. The number of amides is 2. The topological polar surface area (TPSA) is 151 Å². The van der Waals surface area contributed by atoms with E-state index in [1.54, 1.807) is 6.20 Å². The number of carbonyl (C=O) groups excluding carboxylic acids is 1. The summed E-state index contributed by atoms with van der Waals surface area (Å²) in [6, 6.07) is 7.38. The van der Waals surface area contributed by atoms with Gasteiger partial charge in [0.2, 0.25) is 5.95 Å². The van der Waals surface area contributed by atoms with E-state index in [1.807, 2.05) is 38.1 Å². The number of nitrogens with zero attached hydrogens (tertiary/aromatic N) is 4. The molecule has 0 saturated heterocycles. The Bertz CT molecular complexity index is 1440. The number of anilines is 2. The van der Waals surface area contributed by atoms with E-state index in [0.29, 0.717) is 22.8 Å². The van der Waals surface area contributed by atoms with E-state index in [2.05, 4.69) is 40.0 Å². The molecule has 0 bridgehead atoms. The van der Waals surface area contributed by atoms with Crippen LogP contribution in [0.1, 0.15) is 12.5 Å². The first-order valence-corrected chi connectivity index (χ1v) is 12.5. The molecule has 3 aromatic heterocycles. The van der Waals surface area contributed by atoms with Gasteiger partial charge in [-0.3, -0.25) is 10.3 Å². The first-order valence-electron chi connectivity index (χ1n) is 10.2. The zero-order valence-electron chi connectivity index (χ0n) is 18.6. The lowest BCUT2D eigenvalue weighted by Crippen LogP contribution is -2.28. The summed E-state index contributed by atoms with van der Waals surface area (Å²) in [5, 5.41) is 5.90. The van der Waals surface area contributed by atoms with Gasteiger partial charge in [-0.05, 0) is 43.2 Å². The third-order valence-electron chi connectivity index (χ3n) is 4.71. The summed E-state index contributed by atoms with van der Waals surface area (Å²) in [4.78, 5) is 29.3. The minimum Gasteiger partial charge on any atom is -0.338 e. The molecule has 176 valence electrons. The van der Waals surface area contributed by atoms with Crippen LogP contribution in [0.15, 0.2) is 42.9 Å². The van der Waals surface area contributed by atoms with E-state index in [1.165, 1.54) is 30.8 Å². The Morgan fingerprint density at radius 2 is 1.82 bits per heavy atom. The van der Waals surface area contributed by atoms with Crippen LogP contribution >= 0.6 is 11.3 Å². The molecule has 0 radical (unpaired) electrons. The minimum absolute atomic E-state index is 0.0540. The van der Waals surface area contributed by atoms with Gasteiger partial charge in [-0.25, -0.2) is 29.2 Å². The molecule has 4 rings (SSSR count).